The van der Waals surface area contributed by atoms with Crippen LogP contribution in [-0.4, -0.2) is 10.9 Å². The lowest BCUT2D eigenvalue weighted by Crippen LogP contribution is -2.14. The van der Waals surface area contributed by atoms with Crippen molar-refractivity contribution in [1.82, 2.24) is 4.98 Å². The third kappa shape index (κ3) is 3.53. The molecule has 1 aliphatic carbocycles. The Labute approximate surface area is 119 Å². The molecule has 1 fully saturated rings. The van der Waals surface area contributed by atoms with Gasteiger partial charge in [-0.3, -0.25) is 4.79 Å². The van der Waals surface area contributed by atoms with Crippen molar-refractivity contribution >= 4 is 11.7 Å². The molecule has 0 saturated heterocycles. The van der Waals surface area contributed by atoms with Gasteiger partial charge in [-0.2, -0.15) is 0 Å². The monoisotopic (exact) mass is 290 g/mol. The van der Waals surface area contributed by atoms with E-state index in [9.17, 15) is 13.6 Å². The smallest absolute Gasteiger partial charge is 0.228 e. The second kappa shape index (κ2) is 5.47. The van der Waals surface area contributed by atoms with Crippen LogP contribution in [0.4, 0.5) is 14.6 Å². The number of ether oxygens (including phenoxy) is 1. The second-order valence-electron chi connectivity index (χ2n) is 4.85. The van der Waals surface area contributed by atoms with E-state index in [0.29, 0.717) is 11.6 Å². The summed E-state index contributed by atoms with van der Waals surface area (Å²) in [4.78, 5) is 15.6. The first-order valence-electron chi connectivity index (χ1n) is 6.51. The molecule has 0 unspecified atom stereocenters. The number of carbonyl (C=O) groups is 1. The number of halogens is 2. The largest absolute Gasteiger partial charge is 0.456 e. The van der Waals surface area contributed by atoms with Crippen LogP contribution < -0.4 is 10.1 Å². The molecule has 1 aromatic heterocycles. The molecular formula is C15H12F2N2O2. The van der Waals surface area contributed by atoms with Crippen molar-refractivity contribution in [3.63, 3.8) is 0 Å². The van der Waals surface area contributed by atoms with Gasteiger partial charge in [0.05, 0.1) is 6.20 Å². The first-order chi connectivity index (χ1) is 10.1. The normalized spacial score (nSPS) is 13.8. The highest BCUT2D eigenvalue weighted by Gasteiger charge is 2.29. The van der Waals surface area contributed by atoms with Crippen LogP contribution >= 0.6 is 0 Å². The minimum absolute atomic E-state index is 0.0385. The number of anilines is 1. The van der Waals surface area contributed by atoms with Gasteiger partial charge >= 0.3 is 0 Å². The van der Waals surface area contributed by atoms with E-state index in [4.69, 9.17) is 4.74 Å². The third-order valence-corrected chi connectivity index (χ3v) is 3.01. The van der Waals surface area contributed by atoms with Crippen molar-refractivity contribution < 1.29 is 18.3 Å². The van der Waals surface area contributed by atoms with Crippen molar-refractivity contribution in [2.24, 2.45) is 5.92 Å². The zero-order valence-electron chi connectivity index (χ0n) is 11.0. The molecule has 4 nitrogen and oxygen atoms in total. The van der Waals surface area contributed by atoms with Gasteiger partial charge in [0.25, 0.3) is 0 Å². The van der Waals surface area contributed by atoms with E-state index in [1.54, 1.807) is 12.1 Å². The van der Waals surface area contributed by atoms with Crippen LogP contribution in [-0.2, 0) is 4.79 Å². The van der Waals surface area contributed by atoms with Crippen molar-refractivity contribution in [3.05, 3.63) is 48.2 Å². The molecule has 1 heterocycles. The van der Waals surface area contributed by atoms with Crippen LogP contribution in [0.3, 0.4) is 0 Å². The summed E-state index contributed by atoms with van der Waals surface area (Å²) in [5.74, 6) is -0.586. The van der Waals surface area contributed by atoms with Crippen molar-refractivity contribution in [1.29, 1.82) is 0 Å². The first-order valence-corrected chi connectivity index (χ1v) is 6.51. The highest BCUT2D eigenvalue weighted by molar-refractivity contribution is 5.93. The van der Waals surface area contributed by atoms with Gasteiger partial charge in [0.2, 0.25) is 5.91 Å². The summed E-state index contributed by atoms with van der Waals surface area (Å²) >= 11 is 0. The SMILES string of the molecule is O=C(Nc1ccc(Oc2cc(F)cc(F)c2)cn1)C1CC1. The van der Waals surface area contributed by atoms with Crippen LogP contribution in [0.2, 0.25) is 0 Å². The lowest BCUT2D eigenvalue weighted by molar-refractivity contribution is -0.117. The molecule has 0 spiro atoms. The van der Waals surface area contributed by atoms with Crippen LogP contribution in [0.1, 0.15) is 12.8 Å². The van der Waals surface area contributed by atoms with E-state index >= 15 is 0 Å². The predicted molar refractivity (Wildman–Crippen MR) is 72.0 cm³/mol. The molecule has 0 bridgehead atoms. The Hall–Kier alpha value is -2.50. The predicted octanol–water partition coefficient (Wildman–Crippen LogP) is 3.50. The Morgan fingerprint density at radius 2 is 1.86 bits per heavy atom. The molecule has 1 aliphatic rings. The van der Waals surface area contributed by atoms with Crippen molar-refractivity contribution in [3.8, 4) is 11.5 Å². The Kier molecular flexibility index (Phi) is 3.51. The van der Waals surface area contributed by atoms with Crippen LogP contribution in [0.15, 0.2) is 36.5 Å². The lowest BCUT2D eigenvalue weighted by atomic mass is 10.3. The van der Waals surface area contributed by atoms with Crippen LogP contribution in [0.25, 0.3) is 0 Å². The molecule has 1 amide bonds. The molecule has 108 valence electrons. The van der Waals surface area contributed by atoms with E-state index < -0.39 is 11.6 Å². The Bertz CT molecular complexity index is 650. The zero-order chi connectivity index (χ0) is 14.8. The fraction of sp³-hybridized carbons (Fsp3) is 0.200. The number of nitrogens with zero attached hydrogens (tertiary/aromatic N) is 1. The highest BCUT2D eigenvalue weighted by atomic mass is 19.1. The Morgan fingerprint density at radius 3 is 2.43 bits per heavy atom. The van der Waals surface area contributed by atoms with Gasteiger partial charge in [-0.15, -0.1) is 0 Å². The Balaban J connectivity index is 1.67. The molecule has 0 radical (unpaired) electrons. The molecule has 21 heavy (non-hydrogen) atoms. The fourth-order valence-corrected chi connectivity index (χ4v) is 1.81. The van der Waals surface area contributed by atoms with Gasteiger partial charge < -0.3 is 10.1 Å². The number of hydrogen-bond donors (Lipinski definition) is 1. The average molecular weight is 290 g/mol. The van der Waals surface area contributed by atoms with Gasteiger partial charge in [-0.05, 0) is 25.0 Å². The molecule has 1 N–H and O–H groups in total. The van der Waals surface area contributed by atoms with E-state index in [1.807, 2.05) is 0 Å². The van der Waals surface area contributed by atoms with E-state index in [-0.39, 0.29) is 17.6 Å². The molecule has 2 aromatic rings. The average Bonchev–Trinajstić information content (AvgIpc) is 3.24. The number of carbonyl (C=O) groups excluding carboxylic acids is 1. The summed E-state index contributed by atoms with van der Waals surface area (Å²) in [5, 5.41) is 2.69. The standard InChI is InChI=1S/C15H12F2N2O2/c16-10-5-11(17)7-13(6-10)21-12-3-4-14(18-8-12)19-15(20)9-1-2-9/h3-9H,1-2H2,(H,18,19,20). The van der Waals surface area contributed by atoms with E-state index in [0.717, 1.165) is 31.0 Å². The van der Waals surface area contributed by atoms with Crippen LogP contribution in [0.5, 0.6) is 11.5 Å². The summed E-state index contributed by atoms with van der Waals surface area (Å²) in [7, 11) is 0. The molecule has 3 rings (SSSR count). The maximum absolute atomic E-state index is 13.0. The molecule has 0 aliphatic heterocycles. The molecular weight excluding hydrogens is 278 g/mol. The molecule has 1 aromatic carbocycles. The summed E-state index contributed by atoms with van der Waals surface area (Å²) in [5.41, 5.74) is 0. The number of hydrogen-bond acceptors (Lipinski definition) is 3. The second-order valence-corrected chi connectivity index (χ2v) is 4.85. The molecule has 1 saturated carbocycles. The van der Waals surface area contributed by atoms with Gasteiger partial charge in [0.15, 0.2) is 0 Å². The maximum atomic E-state index is 13.0. The summed E-state index contributed by atoms with van der Waals surface area (Å²) in [6.45, 7) is 0. The van der Waals surface area contributed by atoms with E-state index in [2.05, 4.69) is 10.3 Å². The minimum atomic E-state index is -0.716. The molecule has 6 heteroatoms. The number of nitrogens with one attached hydrogen (secondary N) is 1. The van der Waals surface area contributed by atoms with Gasteiger partial charge in [0.1, 0.15) is 29.0 Å². The fourth-order valence-electron chi connectivity index (χ4n) is 1.81. The number of aromatic nitrogens is 1. The number of amides is 1. The summed E-state index contributed by atoms with van der Waals surface area (Å²) < 4.78 is 31.4. The number of rotatable bonds is 4. The summed E-state index contributed by atoms with van der Waals surface area (Å²) in [6, 6.07) is 6.06. The van der Waals surface area contributed by atoms with E-state index in [1.165, 1.54) is 6.20 Å². The van der Waals surface area contributed by atoms with Crippen LogP contribution in [0, 0.1) is 17.6 Å². The third-order valence-electron chi connectivity index (χ3n) is 3.01. The topological polar surface area (TPSA) is 51.2 Å². The minimum Gasteiger partial charge on any atom is -0.456 e. The highest BCUT2D eigenvalue weighted by Crippen LogP contribution is 2.30. The summed E-state index contributed by atoms with van der Waals surface area (Å²) in [6.07, 6.45) is 3.21. The Morgan fingerprint density at radius 1 is 1.14 bits per heavy atom. The van der Waals surface area contributed by atoms with Gasteiger partial charge in [0, 0.05) is 24.1 Å². The zero-order valence-corrected chi connectivity index (χ0v) is 11.0. The van der Waals surface area contributed by atoms with Crippen molar-refractivity contribution in [2.75, 3.05) is 5.32 Å². The van der Waals surface area contributed by atoms with Gasteiger partial charge in [-0.25, -0.2) is 13.8 Å². The quantitative estimate of drug-likeness (QED) is 0.937. The molecule has 0 atom stereocenters. The van der Waals surface area contributed by atoms with Gasteiger partial charge in [-0.1, -0.05) is 0 Å². The number of benzene rings is 1. The maximum Gasteiger partial charge on any atom is 0.228 e. The first kappa shape index (κ1) is 13.5. The number of pyridine rings is 1. The lowest BCUT2D eigenvalue weighted by Gasteiger charge is -2.07. The van der Waals surface area contributed by atoms with Crippen molar-refractivity contribution in [2.45, 2.75) is 12.8 Å².